The van der Waals surface area contributed by atoms with Crippen LogP contribution >= 0.6 is 0 Å². The number of ether oxygens (including phenoxy) is 2. The van der Waals surface area contributed by atoms with Gasteiger partial charge in [-0.05, 0) is 19.8 Å². The van der Waals surface area contributed by atoms with Crippen LogP contribution in [0, 0.1) is 0 Å². The molecule has 0 aromatic heterocycles. The monoisotopic (exact) mass is 323 g/mol. The van der Waals surface area contributed by atoms with Crippen molar-refractivity contribution in [2.24, 2.45) is 4.99 Å². The first-order valence-corrected chi connectivity index (χ1v) is 9.16. The topological polar surface area (TPSA) is 89.0 Å². The number of nitrogens with zero attached hydrogens (tertiary/aromatic N) is 1. The van der Waals surface area contributed by atoms with Crippen LogP contribution in [0.2, 0.25) is 0 Å². The van der Waals surface area contributed by atoms with Crippen LogP contribution in [0.4, 0.5) is 0 Å². The molecule has 0 bridgehead atoms. The van der Waals surface area contributed by atoms with E-state index in [4.69, 9.17) is 9.47 Å². The van der Waals surface area contributed by atoms with Crippen molar-refractivity contribution in [3.05, 3.63) is 0 Å². The maximum Gasteiger partial charge on any atom is 0.191 e. The molecule has 0 aromatic rings. The van der Waals surface area contributed by atoms with Gasteiger partial charge in [-0.15, -0.1) is 0 Å². The van der Waals surface area contributed by atoms with Crippen LogP contribution in [-0.4, -0.2) is 73.0 Å². The molecule has 0 radical (unpaired) electrons. The summed E-state index contributed by atoms with van der Waals surface area (Å²) in [5.41, 5.74) is 0. The highest BCUT2D eigenvalue weighted by atomic mass is 32.2. The van der Waals surface area contributed by atoms with Gasteiger partial charge in [0.05, 0.1) is 19.0 Å². The third kappa shape index (κ3) is 13.9. The molecule has 21 heavy (non-hydrogen) atoms. The van der Waals surface area contributed by atoms with Gasteiger partial charge < -0.3 is 20.1 Å². The fraction of sp³-hybridized carbons (Fsp3) is 0.923. The summed E-state index contributed by atoms with van der Waals surface area (Å²) in [6.45, 7) is 4.55. The Morgan fingerprint density at radius 3 is 2.57 bits per heavy atom. The summed E-state index contributed by atoms with van der Waals surface area (Å²) >= 11 is 0. The van der Waals surface area contributed by atoms with E-state index in [9.17, 15) is 8.42 Å². The van der Waals surface area contributed by atoms with Gasteiger partial charge in [0.1, 0.15) is 9.84 Å². The summed E-state index contributed by atoms with van der Waals surface area (Å²) < 4.78 is 32.5. The molecule has 7 nitrogen and oxygen atoms in total. The SMILES string of the molecule is CN=C(NCCCOCCOC)NC(C)CCS(C)(=O)=O. The first-order valence-electron chi connectivity index (χ1n) is 7.10. The van der Waals surface area contributed by atoms with Gasteiger partial charge in [0, 0.05) is 39.6 Å². The first-order chi connectivity index (χ1) is 9.89. The molecule has 1 unspecified atom stereocenters. The minimum absolute atomic E-state index is 0.0453. The summed E-state index contributed by atoms with van der Waals surface area (Å²) in [5.74, 6) is 0.846. The Bertz CT molecular complexity index is 385. The van der Waals surface area contributed by atoms with Crippen LogP contribution in [0.1, 0.15) is 19.8 Å². The van der Waals surface area contributed by atoms with Crippen molar-refractivity contribution in [2.45, 2.75) is 25.8 Å². The Morgan fingerprint density at radius 1 is 1.29 bits per heavy atom. The first kappa shape index (κ1) is 20.1. The standard InChI is InChI=1S/C13H29N3O4S/c1-12(6-11-21(4,17)18)16-13(14-2)15-7-5-8-20-10-9-19-3/h12H,5-11H2,1-4H3,(H2,14,15,16). The third-order valence-electron chi connectivity index (χ3n) is 2.72. The van der Waals surface area contributed by atoms with E-state index in [1.807, 2.05) is 6.92 Å². The molecule has 0 aliphatic rings. The zero-order valence-electron chi connectivity index (χ0n) is 13.5. The van der Waals surface area contributed by atoms with Gasteiger partial charge in [0.15, 0.2) is 5.96 Å². The van der Waals surface area contributed by atoms with Crippen molar-refractivity contribution in [1.29, 1.82) is 0 Å². The summed E-state index contributed by atoms with van der Waals surface area (Å²) in [4.78, 5) is 4.10. The number of sulfone groups is 1. The summed E-state index contributed by atoms with van der Waals surface area (Å²) in [5, 5.41) is 6.33. The normalized spacial score (nSPS) is 14.0. The Morgan fingerprint density at radius 2 is 2.00 bits per heavy atom. The second-order valence-electron chi connectivity index (χ2n) is 4.92. The number of rotatable bonds is 11. The van der Waals surface area contributed by atoms with Crippen molar-refractivity contribution < 1.29 is 17.9 Å². The lowest BCUT2D eigenvalue weighted by molar-refractivity contribution is 0.0698. The van der Waals surface area contributed by atoms with E-state index in [1.165, 1.54) is 6.26 Å². The van der Waals surface area contributed by atoms with Gasteiger partial charge >= 0.3 is 0 Å². The Kier molecular flexibility index (Phi) is 11.3. The predicted octanol–water partition coefficient (Wildman–Crippen LogP) is 0.0277. The number of guanidine groups is 1. The second kappa shape index (κ2) is 11.8. The maximum atomic E-state index is 11.1. The average Bonchev–Trinajstić information content (AvgIpc) is 2.42. The molecular weight excluding hydrogens is 294 g/mol. The van der Waals surface area contributed by atoms with E-state index in [0.717, 1.165) is 13.0 Å². The van der Waals surface area contributed by atoms with Crippen LogP contribution in [0.3, 0.4) is 0 Å². The Hall–Kier alpha value is -0.860. The minimum atomic E-state index is -2.92. The highest BCUT2D eigenvalue weighted by Crippen LogP contribution is 1.95. The molecule has 0 aliphatic heterocycles. The lowest BCUT2D eigenvalue weighted by atomic mass is 10.3. The Balaban J connectivity index is 3.76. The van der Waals surface area contributed by atoms with E-state index in [1.54, 1.807) is 14.2 Å². The van der Waals surface area contributed by atoms with E-state index in [-0.39, 0.29) is 11.8 Å². The molecule has 0 heterocycles. The van der Waals surface area contributed by atoms with Gasteiger partial charge in [-0.1, -0.05) is 0 Å². The molecule has 8 heteroatoms. The van der Waals surface area contributed by atoms with Crippen molar-refractivity contribution >= 4 is 15.8 Å². The fourth-order valence-corrected chi connectivity index (χ4v) is 2.30. The van der Waals surface area contributed by atoms with Gasteiger partial charge in [0.25, 0.3) is 0 Å². The molecule has 0 saturated carbocycles. The number of hydrogen-bond acceptors (Lipinski definition) is 5. The number of aliphatic imine (C=N–C) groups is 1. The molecule has 1 atom stereocenters. The number of methoxy groups -OCH3 is 1. The molecule has 0 rings (SSSR count). The molecule has 2 N–H and O–H groups in total. The lowest BCUT2D eigenvalue weighted by Crippen LogP contribution is -2.43. The van der Waals surface area contributed by atoms with E-state index >= 15 is 0 Å². The molecule has 0 spiro atoms. The van der Waals surface area contributed by atoms with Gasteiger partial charge in [-0.25, -0.2) is 8.42 Å². The quantitative estimate of drug-likeness (QED) is 0.317. The Labute approximate surface area is 128 Å². The van der Waals surface area contributed by atoms with E-state index in [0.29, 0.717) is 32.2 Å². The zero-order valence-corrected chi connectivity index (χ0v) is 14.3. The maximum absolute atomic E-state index is 11.1. The largest absolute Gasteiger partial charge is 0.382 e. The lowest BCUT2D eigenvalue weighted by Gasteiger charge is -2.17. The molecule has 126 valence electrons. The van der Waals surface area contributed by atoms with Crippen molar-refractivity contribution in [3.63, 3.8) is 0 Å². The van der Waals surface area contributed by atoms with Crippen LogP contribution in [0.25, 0.3) is 0 Å². The van der Waals surface area contributed by atoms with Gasteiger partial charge in [-0.3, -0.25) is 4.99 Å². The van der Waals surface area contributed by atoms with Gasteiger partial charge in [-0.2, -0.15) is 0 Å². The van der Waals surface area contributed by atoms with Crippen LogP contribution in [0.5, 0.6) is 0 Å². The molecule has 0 aromatic carbocycles. The highest BCUT2D eigenvalue weighted by molar-refractivity contribution is 7.90. The molecule has 0 aliphatic carbocycles. The molecule has 0 amide bonds. The smallest absolute Gasteiger partial charge is 0.191 e. The van der Waals surface area contributed by atoms with Crippen LogP contribution in [-0.2, 0) is 19.3 Å². The summed E-state index contributed by atoms with van der Waals surface area (Å²) in [7, 11) is 0.412. The predicted molar refractivity (Wildman–Crippen MR) is 85.6 cm³/mol. The second-order valence-corrected chi connectivity index (χ2v) is 7.18. The number of nitrogens with one attached hydrogen (secondary N) is 2. The third-order valence-corrected chi connectivity index (χ3v) is 3.70. The van der Waals surface area contributed by atoms with Crippen molar-refractivity contribution in [1.82, 2.24) is 10.6 Å². The highest BCUT2D eigenvalue weighted by Gasteiger charge is 2.09. The zero-order chi connectivity index (χ0) is 16.1. The summed E-state index contributed by atoms with van der Waals surface area (Å²) in [6.07, 6.45) is 2.66. The fourth-order valence-electron chi connectivity index (χ4n) is 1.52. The van der Waals surface area contributed by atoms with Crippen molar-refractivity contribution in [3.8, 4) is 0 Å². The van der Waals surface area contributed by atoms with Crippen LogP contribution < -0.4 is 10.6 Å². The minimum Gasteiger partial charge on any atom is -0.382 e. The van der Waals surface area contributed by atoms with E-state index in [2.05, 4.69) is 15.6 Å². The number of hydrogen-bond donors (Lipinski definition) is 2. The molecular formula is C13H29N3O4S. The summed E-state index contributed by atoms with van der Waals surface area (Å²) in [6, 6.07) is 0.0453. The van der Waals surface area contributed by atoms with Crippen LogP contribution in [0.15, 0.2) is 4.99 Å². The van der Waals surface area contributed by atoms with Crippen molar-refractivity contribution in [2.75, 3.05) is 52.5 Å². The average molecular weight is 323 g/mol. The van der Waals surface area contributed by atoms with Gasteiger partial charge in [0.2, 0.25) is 0 Å². The molecule has 0 saturated heterocycles. The molecule has 0 fully saturated rings. The van der Waals surface area contributed by atoms with E-state index < -0.39 is 9.84 Å².